The molecular formula is C3HBrCl4N2P+. The average molecular weight is 318 g/mol. The topological polar surface area (TPSA) is 24.4 Å². The summed E-state index contributed by atoms with van der Waals surface area (Å²) < 4.78 is 4.24. The Bertz CT molecular complexity index is 250. The Kier molecular flexibility index (Phi) is 3.36. The van der Waals surface area contributed by atoms with E-state index in [-0.39, 0.29) is 10.3 Å². The van der Waals surface area contributed by atoms with E-state index in [0.29, 0.717) is 4.48 Å². The van der Waals surface area contributed by atoms with Crippen molar-refractivity contribution >= 4 is 73.1 Å². The molecule has 0 radical (unpaired) electrons. The summed E-state index contributed by atoms with van der Waals surface area (Å²) in [7, 11) is 0. The van der Waals surface area contributed by atoms with Gasteiger partial charge in [0, 0.05) is 0 Å². The van der Waals surface area contributed by atoms with Gasteiger partial charge in [-0.05, 0) is 15.9 Å². The number of hydrogen-bond donors (Lipinski definition) is 1. The van der Waals surface area contributed by atoms with Gasteiger partial charge in [-0.15, -0.1) is 0 Å². The van der Waals surface area contributed by atoms with Crippen LogP contribution >= 0.6 is 67.9 Å². The number of allylic oxidation sites excluding steroid dienone is 1. The molecule has 8 heteroatoms. The lowest BCUT2D eigenvalue weighted by atomic mass is 10.6. The van der Waals surface area contributed by atoms with Crippen molar-refractivity contribution < 1.29 is 0 Å². The zero-order valence-electron chi connectivity index (χ0n) is 4.78. The molecule has 0 saturated heterocycles. The molecule has 0 saturated carbocycles. The fourth-order valence-corrected chi connectivity index (χ4v) is 4.03. The number of halogens is 5. The third-order valence-corrected chi connectivity index (χ3v) is 4.76. The van der Waals surface area contributed by atoms with E-state index in [1.807, 2.05) is 0 Å². The molecule has 1 aliphatic rings. The highest BCUT2D eigenvalue weighted by Gasteiger charge is 2.41. The molecule has 0 aromatic rings. The highest BCUT2D eigenvalue weighted by molar-refractivity contribution is 9.12. The number of nitrogens with zero attached hydrogens (tertiary/aromatic N) is 1. The van der Waals surface area contributed by atoms with Crippen molar-refractivity contribution in [1.82, 2.24) is 5.09 Å². The van der Waals surface area contributed by atoms with Crippen LogP contribution in [0.25, 0.3) is 0 Å². The molecule has 1 rings (SSSR count). The van der Waals surface area contributed by atoms with Gasteiger partial charge in [0.25, 0.3) is 0 Å². The summed E-state index contributed by atoms with van der Waals surface area (Å²) in [5.41, 5.74) is 0. The van der Waals surface area contributed by atoms with E-state index in [9.17, 15) is 0 Å². The molecule has 1 N–H and O–H groups in total. The first-order valence-electron chi connectivity index (χ1n) is 2.30. The lowest BCUT2D eigenvalue weighted by molar-refractivity contribution is 1.31. The smallest absolute Gasteiger partial charge is 0.197 e. The third-order valence-electron chi connectivity index (χ3n) is 0.820. The highest BCUT2D eigenvalue weighted by Crippen LogP contribution is 2.69. The molecule has 0 bridgehead atoms. The molecule has 0 amide bonds. The van der Waals surface area contributed by atoms with Crippen LogP contribution < -0.4 is 5.09 Å². The second-order valence-corrected chi connectivity index (χ2v) is 7.99. The Morgan fingerprint density at radius 1 is 1.36 bits per heavy atom. The first kappa shape index (κ1) is 10.4. The van der Waals surface area contributed by atoms with Crippen molar-refractivity contribution in [2.45, 2.75) is 0 Å². The van der Waals surface area contributed by atoms with Crippen molar-refractivity contribution in [2.75, 3.05) is 0 Å². The Labute approximate surface area is 92.1 Å². The molecule has 62 valence electrons. The SMILES string of the molecule is ClC1=N[P+](Cl)(Cl)NC(Cl)=C1Br. The number of nitrogens with one attached hydrogen (secondary N) is 1. The minimum atomic E-state index is -2.56. The Hall–Kier alpha value is 1.28. The number of hydrogen-bond acceptors (Lipinski definition) is 2. The lowest BCUT2D eigenvalue weighted by Gasteiger charge is -2.11. The van der Waals surface area contributed by atoms with E-state index in [1.54, 1.807) is 0 Å². The van der Waals surface area contributed by atoms with E-state index in [0.717, 1.165) is 0 Å². The van der Waals surface area contributed by atoms with Gasteiger partial charge in [0.05, 0.1) is 4.48 Å². The van der Waals surface area contributed by atoms with E-state index in [1.165, 1.54) is 0 Å². The predicted molar refractivity (Wildman–Crippen MR) is 56.9 cm³/mol. The molecule has 0 aliphatic carbocycles. The van der Waals surface area contributed by atoms with Crippen molar-refractivity contribution in [3.05, 3.63) is 9.64 Å². The maximum Gasteiger partial charge on any atom is 0.421 e. The molecule has 0 fully saturated rings. The van der Waals surface area contributed by atoms with Crippen LogP contribution in [0, 0.1) is 0 Å². The molecule has 0 unspecified atom stereocenters. The van der Waals surface area contributed by atoms with Crippen molar-refractivity contribution in [1.29, 1.82) is 0 Å². The molecule has 11 heavy (non-hydrogen) atoms. The van der Waals surface area contributed by atoms with Crippen LogP contribution in [0.15, 0.2) is 14.4 Å². The van der Waals surface area contributed by atoms with Crippen molar-refractivity contribution in [3.8, 4) is 0 Å². The summed E-state index contributed by atoms with van der Waals surface area (Å²) in [5, 5.41) is 3.07. The molecular weight excluding hydrogens is 317 g/mol. The van der Waals surface area contributed by atoms with Gasteiger partial charge in [0.2, 0.25) is 0 Å². The quantitative estimate of drug-likeness (QED) is 0.526. The van der Waals surface area contributed by atoms with E-state index in [2.05, 4.69) is 25.8 Å². The zero-order chi connectivity index (χ0) is 8.65. The van der Waals surface area contributed by atoms with Crippen LogP contribution in [-0.4, -0.2) is 5.17 Å². The minimum absolute atomic E-state index is 0.187. The largest absolute Gasteiger partial charge is 0.421 e. The van der Waals surface area contributed by atoms with Crippen LogP contribution in [0.5, 0.6) is 0 Å². The van der Waals surface area contributed by atoms with Crippen LogP contribution in [0.2, 0.25) is 0 Å². The molecule has 0 aromatic carbocycles. The Morgan fingerprint density at radius 2 is 1.91 bits per heavy atom. The Balaban J connectivity index is 3.01. The maximum atomic E-state index is 5.68. The minimum Gasteiger partial charge on any atom is -0.197 e. The Morgan fingerprint density at radius 3 is 2.36 bits per heavy atom. The van der Waals surface area contributed by atoms with Crippen LogP contribution in [0.1, 0.15) is 0 Å². The van der Waals surface area contributed by atoms with Crippen molar-refractivity contribution in [2.24, 2.45) is 4.76 Å². The highest BCUT2D eigenvalue weighted by atomic mass is 79.9. The first-order valence-corrected chi connectivity index (χ1v) is 7.40. The molecule has 1 heterocycles. The zero-order valence-corrected chi connectivity index (χ0v) is 10.3. The predicted octanol–water partition coefficient (Wildman–Crippen LogP) is 4.18. The monoisotopic (exact) mass is 315 g/mol. The van der Waals surface area contributed by atoms with Gasteiger partial charge in [0.15, 0.2) is 32.8 Å². The van der Waals surface area contributed by atoms with Crippen molar-refractivity contribution in [3.63, 3.8) is 0 Å². The standard InChI is InChI=1S/C3HBrCl4N2P/c4-1-2(5)9-11(7,8)10-3(1)6/h9H/q+1. The van der Waals surface area contributed by atoms with E-state index in [4.69, 9.17) is 45.7 Å². The van der Waals surface area contributed by atoms with Crippen LogP contribution in [0.3, 0.4) is 0 Å². The van der Waals surface area contributed by atoms with Gasteiger partial charge >= 0.3 is 6.27 Å². The third kappa shape index (κ3) is 2.61. The van der Waals surface area contributed by atoms with Gasteiger partial charge in [-0.25, -0.2) is 0 Å². The second kappa shape index (κ2) is 3.57. The summed E-state index contributed by atoms with van der Waals surface area (Å²) in [5.74, 6) is 0. The summed E-state index contributed by atoms with van der Waals surface area (Å²) >= 11 is 25.7. The van der Waals surface area contributed by atoms with Gasteiger partial charge in [-0.1, -0.05) is 28.0 Å². The summed E-state index contributed by atoms with van der Waals surface area (Å²) in [6.07, 6.45) is -2.56. The van der Waals surface area contributed by atoms with Gasteiger partial charge in [0.1, 0.15) is 0 Å². The molecule has 1 aliphatic heterocycles. The lowest BCUT2D eigenvalue weighted by Crippen LogP contribution is -2.11. The van der Waals surface area contributed by atoms with Gasteiger partial charge in [-0.3, -0.25) is 0 Å². The fourth-order valence-electron chi connectivity index (χ4n) is 0.437. The van der Waals surface area contributed by atoms with Gasteiger partial charge in [-0.2, -0.15) is 5.09 Å². The van der Waals surface area contributed by atoms with Gasteiger partial charge < -0.3 is 0 Å². The van der Waals surface area contributed by atoms with E-state index >= 15 is 0 Å². The van der Waals surface area contributed by atoms with Crippen LogP contribution in [-0.2, 0) is 0 Å². The normalized spacial score (nSPS) is 22.8. The van der Waals surface area contributed by atoms with E-state index < -0.39 is 6.27 Å². The average Bonchev–Trinajstić information content (AvgIpc) is 1.81. The summed E-state index contributed by atoms with van der Waals surface area (Å²) in [6, 6.07) is 0. The summed E-state index contributed by atoms with van der Waals surface area (Å²) in [4.78, 5) is 0. The van der Waals surface area contributed by atoms with Crippen LogP contribution in [0.4, 0.5) is 0 Å². The maximum absolute atomic E-state index is 5.68. The first-order chi connectivity index (χ1) is 4.92. The number of rotatable bonds is 0. The fraction of sp³-hybridized carbons (Fsp3) is 0. The molecule has 0 aromatic heterocycles. The molecule has 2 nitrogen and oxygen atoms in total. The second-order valence-electron chi connectivity index (χ2n) is 1.61. The molecule has 0 spiro atoms. The molecule has 0 atom stereocenters. The summed E-state index contributed by atoms with van der Waals surface area (Å²) in [6.45, 7) is 0.